The molecule has 2 nitrogen and oxygen atoms in total. The fourth-order valence-electron chi connectivity index (χ4n) is 7.09. The third-order valence-electron chi connectivity index (χ3n) is 6.87. The molecule has 0 aromatic carbocycles. The van der Waals surface area contributed by atoms with E-state index in [4.69, 9.17) is 0 Å². The lowest BCUT2D eigenvalue weighted by atomic mass is 9.39. The van der Waals surface area contributed by atoms with Gasteiger partial charge in [-0.05, 0) is 35.5 Å². The molecule has 0 spiro atoms. The van der Waals surface area contributed by atoms with Crippen molar-refractivity contribution in [3.05, 3.63) is 0 Å². The van der Waals surface area contributed by atoms with Crippen LogP contribution in [0.1, 0.15) is 0 Å². The minimum atomic E-state index is -0.779. The molecule has 2 bridgehead atoms. The zero-order valence-electron chi connectivity index (χ0n) is 7.05. The second kappa shape index (κ2) is 1.04. The van der Waals surface area contributed by atoms with Gasteiger partial charge >= 0.3 is 0 Å². The molecule has 66 valence electrons. The zero-order valence-corrected chi connectivity index (χ0v) is 7.05. The van der Waals surface area contributed by atoms with Gasteiger partial charge in [-0.3, -0.25) is 4.79 Å². The van der Waals surface area contributed by atoms with Crippen molar-refractivity contribution in [2.45, 2.75) is 5.60 Å². The minimum absolute atomic E-state index is 0.271. The molecule has 0 radical (unpaired) electrons. The Labute approximate surface area is 75.3 Å². The molecule has 0 amide bonds. The Bertz CT molecular complexity index is 386. The molecule has 1 N–H and O–H groups in total. The summed E-state index contributed by atoms with van der Waals surface area (Å²) in [6.07, 6.45) is 0. The Morgan fingerprint density at radius 1 is 0.923 bits per heavy atom. The van der Waals surface area contributed by atoms with Crippen molar-refractivity contribution >= 4 is 5.78 Å². The molecule has 13 heavy (non-hydrogen) atoms. The lowest BCUT2D eigenvalue weighted by molar-refractivity contribution is -0.183. The number of rotatable bonds is 0. The van der Waals surface area contributed by atoms with Crippen molar-refractivity contribution in [1.29, 1.82) is 0 Å². The lowest BCUT2D eigenvalue weighted by Crippen LogP contribution is -2.62. The molecule has 10 atom stereocenters. The SMILES string of the molecule is O=C1C2[C@H]3C4C5C6C4[C@H]3C1(O)[C@@H]6[C@@H]52. The maximum Gasteiger partial charge on any atom is 0.168 e. The molecule has 7 aliphatic carbocycles. The highest BCUT2D eigenvalue weighted by Crippen LogP contribution is 2.96. The maximum atomic E-state index is 12.0. The van der Waals surface area contributed by atoms with Gasteiger partial charge < -0.3 is 5.11 Å². The summed E-state index contributed by atoms with van der Waals surface area (Å²) < 4.78 is 0. The first-order valence-electron chi connectivity index (χ1n) is 5.54. The number of ketones is 1. The van der Waals surface area contributed by atoms with Crippen LogP contribution in [0.15, 0.2) is 0 Å². The van der Waals surface area contributed by atoms with Crippen LogP contribution >= 0.6 is 0 Å². The second-order valence-corrected chi connectivity index (χ2v) is 6.23. The van der Waals surface area contributed by atoms with E-state index in [9.17, 15) is 9.90 Å². The van der Waals surface area contributed by atoms with Crippen molar-refractivity contribution in [1.82, 2.24) is 0 Å². The first-order valence-corrected chi connectivity index (χ1v) is 5.54. The topological polar surface area (TPSA) is 37.3 Å². The van der Waals surface area contributed by atoms with Crippen LogP contribution in [0.3, 0.4) is 0 Å². The van der Waals surface area contributed by atoms with Gasteiger partial charge in [0.05, 0.1) is 0 Å². The molecule has 6 unspecified atom stereocenters. The van der Waals surface area contributed by atoms with E-state index in [-0.39, 0.29) is 5.78 Å². The van der Waals surface area contributed by atoms with Gasteiger partial charge in [-0.15, -0.1) is 0 Å². The number of hydrogen-bond donors (Lipinski definition) is 1. The molecule has 7 fully saturated rings. The Balaban J connectivity index is 1.85. The van der Waals surface area contributed by atoms with Gasteiger partial charge in [0, 0.05) is 17.8 Å². The zero-order chi connectivity index (χ0) is 8.27. The molecule has 7 rings (SSSR count). The standard InChI is InChI=1S/C11H10O2/c12-10-7-5-1-2-4-3(1)8(5)11(10,13)9(4)6(2)7/h1-9,13H/t1?,2?,3?,4?,5-,6+,7?,8-,9+,11?. The summed E-state index contributed by atoms with van der Waals surface area (Å²) in [4.78, 5) is 12.0. The van der Waals surface area contributed by atoms with Crippen LogP contribution in [0.25, 0.3) is 0 Å². The molecule has 7 saturated carbocycles. The average molecular weight is 174 g/mol. The number of carbonyl (C=O) groups excluding carboxylic acids is 1. The van der Waals surface area contributed by atoms with E-state index < -0.39 is 5.60 Å². The molecule has 0 aromatic heterocycles. The minimum Gasteiger partial charge on any atom is -0.381 e. The fourth-order valence-corrected chi connectivity index (χ4v) is 7.09. The summed E-state index contributed by atoms with van der Waals surface area (Å²) >= 11 is 0. The van der Waals surface area contributed by atoms with Crippen LogP contribution in [0, 0.1) is 53.3 Å². The van der Waals surface area contributed by atoms with Crippen LogP contribution in [0.2, 0.25) is 0 Å². The van der Waals surface area contributed by atoms with Gasteiger partial charge in [-0.1, -0.05) is 0 Å². The van der Waals surface area contributed by atoms with E-state index in [1.807, 2.05) is 0 Å². The predicted molar refractivity (Wildman–Crippen MR) is 41.4 cm³/mol. The summed E-state index contributed by atoms with van der Waals surface area (Å²) in [5.74, 6) is 6.23. The highest BCUT2D eigenvalue weighted by molar-refractivity contribution is 5.99. The van der Waals surface area contributed by atoms with Gasteiger partial charge in [0.1, 0.15) is 5.60 Å². The molecule has 0 aromatic rings. The van der Waals surface area contributed by atoms with Gasteiger partial charge in [-0.25, -0.2) is 0 Å². The monoisotopic (exact) mass is 174 g/mol. The van der Waals surface area contributed by atoms with Crippen molar-refractivity contribution < 1.29 is 9.90 Å². The Kier molecular flexibility index (Phi) is 0.438. The quantitative estimate of drug-likeness (QED) is 0.557. The van der Waals surface area contributed by atoms with E-state index in [0.29, 0.717) is 29.6 Å². The molecular weight excluding hydrogens is 164 g/mol. The average Bonchev–Trinajstić information content (AvgIpc) is 2.46. The Hall–Kier alpha value is -0.370. The van der Waals surface area contributed by atoms with E-state index in [2.05, 4.69) is 0 Å². The first kappa shape index (κ1) is 5.50. The van der Waals surface area contributed by atoms with Gasteiger partial charge in [-0.2, -0.15) is 0 Å². The van der Waals surface area contributed by atoms with Gasteiger partial charge in [0.15, 0.2) is 5.78 Å². The second-order valence-electron chi connectivity index (χ2n) is 6.23. The van der Waals surface area contributed by atoms with Crippen LogP contribution in [-0.4, -0.2) is 16.5 Å². The summed E-state index contributed by atoms with van der Waals surface area (Å²) in [7, 11) is 0. The van der Waals surface area contributed by atoms with Crippen LogP contribution in [-0.2, 0) is 4.79 Å². The van der Waals surface area contributed by atoms with Crippen LogP contribution < -0.4 is 0 Å². The largest absolute Gasteiger partial charge is 0.381 e. The first-order chi connectivity index (χ1) is 6.28. The number of hydrogen-bond acceptors (Lipinski definition) is 2. The van der Waals surface area contributed by atoms with E-state index in [1.165, 1.54) is 0 Å². The maximum absolute atomic E-state index is 12.0. The lowest BCUT2D eigenvalue weighted by Gasteiger charge is -2.64. The summed E-state index contributed by atoms with van der Waals surface area (Å²) in [5, 5.41) is 10.5. The summed E-state index contributed by atoms with van der Waals surface area (Å²) in [6.45, 7) is 0. The Morgan fingerprint density at radius 3 is 2.00 bits per heavy atom. The molecule has 0 saturated heterocycles. The molecular formula is C11H10O2. The number of aliphatic hydroxyl groups is 1. The van der Waals surface area contributed by atoms with Crippen molar-refractivity contribution in [2.75, 3.05) is 0 Å². The molecule has 2 heteroatoms. The van der Waals surface area contributed by atoms with Crippen LogP contribution in [0.5, 0.6) is 0 Å². The van der Waals surface area contributed by atoms with Gasteiger partial charge in [0.2, 0.25) is 0 Å². The van der Waals surface area contributed by atoms with Crippen LogP contribution in [0.4, 0.5) is 0 Å². The van der Waals surface area contributed by atoms with Crippen molar-refractivity contribution in [3.63, 3.8) is 0 Å². The summed E-state index contributed by atoms with van der Waals surface area (Å²) in [6, 6.07) is 0. The highest BCUT2D eigenvalue weighted by Gasteiger charge is 2.99. The van der Waals surface area contributed by atoms with Crippen molar-refractivity contribution in [3.8, 4) is 0 Å². The van der Waals surface area contributed by atoms with Crippen molar-refractivity contribution in [2.24, 2.45) is 53.3 Å². The molecule has 7 aliphatic rings. The number of Topliss-reactive ketones (excluding diaryl/α,β-unsaturated/α-hetero) is 1. The smallest absolute Gasteiger partial charge is 0.168 e. The third-order valence-corrected chi connectivity index (χ3v) is 6.87. The third kappa shape index (κ3) is 0.222. The van der Waals surface area contributed by atoms with Gasteiger partial charge in [0.25, 0.3) is 0 Å². The van der Waals surface area contributed by atoms with E-state index in [0.717, 1.165) is 23.7 Å². The summed E-state index contributed by atoms with van der Waals surface area (Å²) in [5.41, 5.74) is -0.779. The normalized spacial score (nSPS) is 92.7. The highest BCUT2D eigenvalue weighted by atomic mass is 16.3. The number of carbonyl (C=O) groups is 1. The predicted octanol–water partition coefficient (Wildman–Crippen LogP) is -0.0860. The molecule has 0 aliphatic heterocycles. The Morgan fingerprint density at radius 2 is 1.46 bits per heavy atom. The molecule has 0 heterocycles. The van der Waals surface area contributed by atoms with E-state index in [1.54, 1.807) is 0 Å². The van der Waals surface area contributed by atoms with E-state index >= 15 is 0 Å². The fraction of sp³-hybridized carbons (Fsp3) is 0.909.